The second-order valence-corrected chi connectivity index (χ2v) is 17.1. The van der Waals surface area contributed by atoms with E-state index in [2.05, 4.69) is 84.3 Å². The van der Waals surface area contributed by atoms with E-state index < -0.39 is 21.5 Å². The van der Waals surface area contributed by atoms with Gasteiger partial charge in [-0.05, 0) is 105 Å². The van der Waals surface area contributed by atoms with Crippen LogP contribution in [0.15, 0.2) is 78.0 Å². The molecular formula is C44H61N3O8. The predicted molar refractivity (Wildman–Crippen MR) is 216 cm³/mol. The van der Waals surface area contributed by atoms with Gasteiger partial charge in [-0.3, -0.25) is 20.2 Å². The number of esters is 2. The van der Waals surface area contributed by atoms with Crippen molar-refractivity contribution in [3.63, 3.8) is 0 Å². The molecule has 3 fully saturated rings. The highest BCUT2D eigenvalue weighted by atomic mass is 16.6. The van der Waals surface area contributed by atoms with E-state index in [4.69, 9.17) is 9.47 Å². The van der Waals surface area contributed by atoms with Gasteiger partial charge in [0.25, 0.3) is 11.4 Å². The van der Waals surface area contributed by atoms with E-state index in [1.54, 1.807) is 12.5 Å². The van der Waals surface area contributed by atoms with E-state index in [-0.39, 0.29) is 47.6 Å². The molecule has 0 bridgehead atoms. The summed E-state index contributed by atoms with van der Waals surface area (Å²) in [5.41, 5.74) is 3.95. The average Bonchev–Trinajstić information content (AvgIpc) is 3.49. The van der Waals surface area contributed by atoms with Gasteiger partial charge in [0.05, 0.1) is 15.9 Å². The summed E-state index contributed by atoms with van der Waals surface area (Å²) < 4.78 is 10.6. The molecular weight excluding hydrogens is 698 g/mol. The third-order valence-corrected chi connectivity index (χ3v) is 13.0. The minimum atomic E-state index is -0.727. The van der Waals surface area contributed by atoms with Crippen molar-refractivity contribution in [3.05, 3.63) is 98.2 Å². The zero-order valence-electron chi connectivity index (χ0n) is 34.0. The first-order valence-electron chi connectivity index (χ1n) is 19.7. The summed E-state index contributed by atoms with van der Waals surface area (Å²) in [6.07, 6.45) is 18.3. The molecule has 4 aliphatic carbocycles. The Labute approximate surface area is 326 Å². The number of nitrogens with zero attached hydrogens (tertiary/aromatic N) is 2. The molecule has 0 unspecified atom stereocenters. The van der Waals surface area contributed by atoms with Crippen molar-refractivity contribution >= 4 is 29.0 Å². The maximum atomic E-state index is 12.1. The lowest BCUT2D eigenvalue weighted by molar-refractivity contribution is -0.393. The smallest absolute Gasteiger partial charge is 0.333 e. The van der Waals surface area contributed by atoms with Crippen LogP contribution in [0.25, 0.3) is 0 Å². The Hall–Kier alpha value is -4.54. The lowest BCUT2D eigenvalue weighted by Gasteiger charge is -2.55. The van der Waals surface area contributed by atoms with Gasteiger partial charge < -0.3 is 14.8 Å². The van der Waals surface area contributed by atoms with E-state index in [0.29, 0.717) is 34.7 Å². The third-order valence-electron chi connectivity index (χ3n) is 13.0. The summed E-state index contributed by atoms with van der Waals surface area (Å²) in [6.45, 7) is 25.1. The topological polar surface area (TPSA) is 151 Å². The lowest BCUT2D eigenvalue weighted by atomic mass is 9.50. The maximum Gasteiger partial charge on any atom is 0.333 e. The second kappa shape index (κ2) is 17.9. The first-order chi connectivity index (χ1) is 25.8. The Morgan fingerprint density at radius 1 is 0.927 bits per heavy atom. The van der Waals surface area contributed by atoms with E-state index in [9.17, 15) is 29.8 Å². The zero-order chi connectivity index (χ0) is 40.8. The highest BCUT2D eigenvalue weighted by Crippen LogP contribution is 2.66. The SMILES string of the molecule is C=C(C)C(=O)OCCNc1ccc([N+](=O)[O-])cc1[N+](=O)[O-].C=C(C)C(=O)O[C@H]1CC[C@@]2(C)C(=CC=C3[C@@H]4CC[C@H]([C@H](C)C=C[C@H](C)C(C)C)[C@@]4(C)CC[C@@H]32)C1. The average molecular weight is 760 g/mol. The number of carbonyl (C=O) groups excluding carboxylic acids is 2. The molecule has 3 saturated carbocycles. The van der Waals surface area contributed by atoms with Gasteiger partial charge in [-0.1, -0.05) is 90.2 Å². The van der Waals surface area contributed by atoms with Crippen LogP contribution in [-0.2, 0) is 19.1 Å². The number of benzene rings is 1. The van der Waals surface area contributed by atoms with E-state index >= 15 is 0 Å². The Morgan fingerprint density at radius 2 is 1.62 bits per heavy atom. The molecule has 0 aromatic heterocycles. The fourth-order valence-corrected chi connectivity index (χ4v) is 9.32. The predicted octanol–water partition coefficient (Wildman–Crippen LogP) is 10.5. The molecule has 5 rings (SSSR count). The van der Waals surface area contributed by atoms with Gasteiger partial charge in [-0.25, -0.2) is 9.59 Å². The summed E-state index contributed by atoms with van der Waals surface area (Å²) in [4.78, 5) is 43.2. The number of anilines is 1. The number of fused-ring (bicyclic) bond motifs is 5. The van der Waals surface area contributed by atoms with Gasteiger partial charge in [0.1, 0.15) is 18.4 Å². The molecule has 55 heavy (non-hydrogen) atoms. The van der Waals surface area contributed by atoms with Crippen LogP contribution in [-0.4, -0.2) is 41.0 Å². The first kappa shape index (κ1) is 43.2. The van der Waals surface area contributed by atoms with Gasteiger partial charge in [-0.15, -0.1) is 0 Å². The molecule has 0 heterocycles. The normalized spacial score (nSPS) is 27.8. The maximum absolute atomic E-state index is 12.1. The molecule has 8 atom stereocenters. The quantitative estimate of drug-likeness (QED) is 0.0517. The number of carbonyl (C=O) groups is 2. The molecule has 11 nitrogen and oxygen atoms in total. The largest absolute Gasteiger partial charge is 0.460 e. The number of hydrogen-bond acceptors (Lipinski definition) is 9. The van der Waals surface area contributed by atoms with Crippen molar-refractivity contribution < 1.29 is 28.9 Å². The fraction of sp³-hybridized carbons (Fsp3) is 0.591. The van der Waals surface area contributed by atoms with Crippen LogP contribution in [0.2, 0.25) is 0 Å². The summed E-state index contributed by atoms with van der Waals surface area (Å²) >= 11 is 0. The molecule has 0 spiro atoms. The Balaban J connectivity index is 0.000000276. The summed E-state index contributed by atoms with van der Waals surface area (Å²) in [6, 6.07) is 3.24. The Kier molecular flexibility index (Phi) is 14.1. The molecule has 0 saturated heterocycles. The number of non-ortho nitro benzene ring substituents is 1. The highest BCUT2D eigenvalue weighted by molar-refractivity contribution is 5.87. The van der Waals surface area contributed by atoms with Crippen molar-refractivity contribution in [1.82, 2.24) is 0 Å². The fourth-order valence-electron chi connectivity index (χ4n) is 9.32. The highest BCUT2D eigenvalue weighted by Gasteiger charge is 2.57. The van der Waals surface area contributed by atoms with Gasteiger partial charge in [0, 0.05) is 30.2 Å². The molecule has 0 radical (unpaired) electrons. The lowest BCUT2D eigenvalue weighted by Crippen LogP contribution is -2.46. The van der Waals surface area contributed by atoms with Crippen LogP contribution in [0.4, 0.5) is 17.1 Å². The molecule has 1 N–H and O–H groups in total. The van der Waals surface area contributed by atoms with Crippen molar-refractivity contribution in [2.75, 3.05) is 18.5 Å². The standard InChI is InChI=1S/C32H48O2.C12H13N3O6/c1-20(2)22(5)9-10-23(6)27-13-14-28-26-12-11-24-19-25(34-30(33)21(3)4)15-17-31(24,7)29(26)16-18-32(27,28)8;1-8(2)12(16)21-6-5-13-10-4-3-9(14(17)18)7-11(10)15(19)20/h9-12,20,22-23,25,27-29H,3,13-19H2,1-2,4-8H3;3-4,7,13H,1,5-6H2,2H3/t22-,23+,25-,27+,28-,29-,31-,32+;/m0./s1. The summed E-state index contributed by atoms with van der Waals surface area (Å²) in [5.74, 6) is 3.38. The molecule has 0 amide bonds. The minimum absolute atomic E-state index is 0.00376. The van der Waals surface area contributed by atoms with Crippen molar-refractivity contribution in [2.45, 2.75) is 106 Å². The molecule has 4 aliphatic rings. The molecule has 1 aromatic rings. The zero-order valence-corrected chi connectivity index (χ0v) is 34.0. The van der Waals surface area contributed by atoms with Crippen LogP contribution in [0, 0.1) is 66.6 Å². The minimum Gasteiger partial charge on any atom is -0.460 e. The van der Waals surface area contributed by atoms with Crippen molar-refractivity contribution in [1.29, 1.82) is 0 Å². The third kappa shape index (κ3) is 9.83. The Morgan fingerprint density at radius 3 is 2.24 bits per heavy atom. The molecule has 0 aliphatic heterocycles. The van der Waals surface area contributed by atoms with Crippen LogP contribution in [0.5, 0.6) is 0 Å². The Bertz CT molecular complexity index is 1760. The van der Waals surface area contributed by atoms with E-state index in [1.165, 1.54) is 44.2 Å². The second-order valence-electron chi connectivity index (χ2n) is 17.1. The van der Waals surface area contributed by atoms with Crippen LogP contribution < -0.4 is 5.32 Å². The van der Waals surface area contributed by atoms with Gasteiger partial charge in [0.2, 0.25) is 0 Å². The number of allylic oxidation sites excluding steroid dienone is 5. The van der Waals surface area contributed by atoms with E-state index in [0.717, 1.165) is 43.2 Å². The first-order valence-corrected chi connectivity index (χ1v) is 19.7. The van der Waals surface area contributed by atoms with Crippen molar-refractivity contribution in [2.24, 2.45) is 46.3 Å². The van der Waals surface area contributed by atoms with Crippen LogP contribution >= 0.6 is 0 Å². The number of ether oxygens (including phenoxy) is 2. The summed E-state index contributed by atoms with van der Waals surface area (Å²) in [7, 11) is 0. The molecule has 300 valence electrons. The van der Waals surface area contributed by atoms with Gasteiger partial charge in [-0.2, -0.15) is 0 Å². The molecule has 11 heteroatoms. The van der Waals surface area contributed by atoms with Crippen LogP contribution in [0.3, 0.4) is 0 Å². The molecule has 1 aromatic carbocycles. The van der Waals surface area contributed by atoms with Gasteiger partial charge >= 0.3 is 11.9 Å². The number of rotatable bonds is 13. The monoisotopic (exact) mass is 759 g/mol. The number of nitro groups is 2. The number of nitro benzene ring substituents is 2. The van der Waals surface area contributed by atoms with Gasteiger partial charge in [0.15, 0.2) is 0 Å². The number of nitrogens with one attached hydrogen (secondary N) is 1. The van der Waals surface area contributed by atoms with Crippen molar-refractivity contribution in [3.8, 4) is 0 Å². The van der Waals surface area contributed by atoms with Crippen LogP contribution in [0.1, 0.15) is 100 Å². The summed E-state index contributed by atoms with van der Waals surface area (Å²) in [5, 5.41) is 24.1. The number of hydrogen-bond donors (Lipinski definition) is 1. The van der Waals surface area contributed by atoms with E-state index in [1.807, 2.05) is 0 Å².